The Morgan fingerprint density at radius 1 is 0.864 bits per heavy atom. The first-order valence-corrected chi connectivity index (χ1v) is 8.13. The number of carboxylic acid groups (broad SMARTS) is 2. The standard InChI is InChI=1S/C18H20O4/c19-17(20)11-1-2-14(18(21)22)15(8-11)16-12-4-9-3-10(6-12)7-13(16)5-9/h1-2,8-10,12-13,16H,3-7H2,(H,19,20)(H,21,22). The highest BCUT2D eigenvalue weighted by Gasteiger charge is 2.49. The van der Waals surface area contributed by atoms with Gasteiger partial charge in [0.05, 0.1) is 11.1 Å². The van der Waals surface area contributed by atoms with E-state index < -0.39 is 11.9 Å². The molecule has 0 aromatic heterocycles. The summed E-state index contributed by atoms with van der Waals surface area (Å²) in [5.41, 5.74) is 1.26. The van der Waals surface area contributed by atoms with Crippen LogP contribution in [0, 0.1) is 23.7 Å². The summed E-state index contributed by atoms with van der Waals surface area (Å²) in [7, 11) is 0. The fraction of sp³-hybridized carbons (Fsp3) is 0.556. The quantitative estimate of drug-likeness (QED) is 0.894. The van der Waals surface area contributed by atoms with E-state index >= 15 is 0 Å². The second-order valence-corrected chi connectivity index (χ2v) is 7.37. The third-order valence-electron chi connectivity index (χ3n) is 6.11. The molecule has 0 heterocycles. The van der Waals surface area contributed by atoms with Gasteiger partial charge in [-0.3, -0.25) is 0 Å². The molecule has 4 nitrogen and oxygen atoms in total. The van der Waals surface area contributed by atoms with E-state index in [4.69, 9.17) is 0 Å². The lowest BCUT2D eigenvalue weighted by molar-refractivity contribution is -0.00319. The van der Waals surface area contributed by atoms with Crippen LogP contribution < -0.4 is 0 Å². The summed E-state index contributed by atoms with van der Waals surface area (Å²) in [4.78, 5) is 22.9. The van der Waals surface area contributed by atoms with Gasteiger partial charge in [0.25, 0.3) is 0 Å². The summed E-state index contributed by atoms with van der Waals surface area (Å²) < 4.78 is 0. The van der Waals surface area contributed by atoms with Crippen molar-refractivity contribution < 1.29 is 19.8 Å². The van der Waals surface area contributed by atoms with Crippen molar-refractivity contribution in [2.24, 2.45) is 23.7 Å². The van der Waals surface area contributed by atoms with Gasteiger partial charge in [-0.2, -0.15) is 0 Å². The summed E-state index contributed by atoms with van der Waals surface area (Å²) in [5.74, 6) is 1.02. The highest BCUT2D eigenvalue weighted by Crippen LogP contribution is 2.60. The average Bonchev–Trinajstić information content (AvgIpc) is 2.45. The van der Waals surface area contributed by atoms with Crippen LogP contribution in [0.15, 0.2) is 18.2 Å². The molecule has 1 aromatic carbocycles. The Kier molecular flexibility index (Phi) is 3.03. The van der Waals surface area contributed by atoms with Gasteiger partial charge in [0.15, 0.2) is 0 Å². The largest absolute Gasteiger partial charge is 0.478 e. The van der Waals surface area contributed by atoms with Crippen LogP contribution in [0.2, 0.25) is 0 Å². The highest BCUT2D eigenvalue weighted by molar-refractivity contribution is 5.93. The van der Waals surface area contributed by atoms with Crippen molar-refractivity contribution in [3.8, 4) is 0 Å². The molecule has 0 aliphatic heterocycles. The maximum Gasteiger partial charge on any atom is 0.335 e. The molecule has 1 aromatic rings. The number of carbonyl (C=O) groups is 2. The molecule has 0 spiro atoms. The maximum absolute atomic E-state index is 11.6. The molecule has 4 bridgehead atoms. The molecule has 4 saturated carbocycles. The predicted octanol–water partition coefficient (Wildman–Crippen LogP) is 3.62. The van der Waals surface area contributed by atoms with E-state index in [0.29, 0.717) is 17.4 Å². The minimum atomic E-state index is -0.984. The second-order valence-electron chi connectivity index (χ2n) is 7.37. The van der Waals surface area contributed by atoms with Crippen molar-refractivity contribution in [2.45, 2.75) is 38.0 Å². The van der Waals surface area contributed by atoms with E-state index in [-0.39, 0.29) is 11.5 Å². The first-order valence-electron chi connectivity index (χ1n) is 8.13. The van der Waals surface area contributed by atoms with Gasteiger partial charge < -0.3 is 10.2 Å². The molecule has 116 valence electrons. The number of hydrogen-bond acceptors (Lipinski definition) is 2. The van der Waals surface area contributed by atoms with Gasteiger partial charge in [0.2, 0.25) is 0 Å². The molecular weight excluding hydrogens is 280 g/mol. The number of benzene rings is 1. The topological polar surface area (TPSA) is 74.6 Å². The van der Waals surface area contributed by atoms with E-state index in [1.807, 2.05) is 0 Å². The first kappa shape index (κ1) is 13.8. The SMILES string of the molecule is O=C(O)c1ccc(C(=O)O)c(C2C3CC4CC(C3)CC2C4)c1. The minimum absolute atomic E-state index is 0.203. The summed E-state index contributed by atoms with van der Waals surface area (Å²) in [6.45, 7) is 0. The monoisotopic (exact) mass is 300 g/mol. The Bertz CT molecular complexity index is 620. The molecule has 4 heteroatoms. The fourth-order valence-electron chi connectivity index (χ4n) is 5.60. The van der Waals surface area contributed by atoms with Crippen LogP contribution in [-0.4, -0.2) is 22.2 Å². The number of aromatic carboxylic acids is 2. The Morgan fingerprint density at radius 2 is 1.45 bits per heavy atom. The van der Waals surface area contributed by atoms with Gasteiger partial charge >= 0.3 is 11.9 Å². The Labute approximate surface area is 129 Å². The van der Waals surface area contributed by atoms with E-state index in [1.54, 1.807) is 6.07 Å². The van der Waals surface area contributed by atoms with Crippen LogP contribution in [0.1, 0.15) is 64.3 Å². The molecule has 0 radical (unpaired) electrons. The van der Waals surface area contributed by atoms with Crippen molar-refractivity contribution in [1.29, 1.82) is 0 Å². The lowest BCUT2D eigenvalue weighted by Gasteiger charge is -2.54. The molecule has 0 atom stereocenters. The predicted molar refractivity (Wildman–Crippen MR) is 80.1 cm³/mol. The van der Waals surface area contributed by atoms with Crippen LogP contribution in [0.4, 0.5) is 0 Å². The van der Waals surface area contributed by atoms with Crippen LogP contribution in [0.5, 0.6) is 0 Å². The zero-order chi connectivity index (χ0) is 15.4. The fourth-order valence-corrected chi connectivity index (χ4v) is 5.60. The van der Waals surface area contributed by atoms with Crippen LogP contribution in [-0.2, 0) is 0 Å². The van der Waals surface area contributed by atoms with Crippen LogP contribution in [0.3, 0.4) is 0 Å². The summed E-state index contributed by atoms with van der Waals surface area (Å²) in [6.07, 6.45) is 6.10. The smallest absolute Gasteiger partial charge is 0.335 e. The van der Waals surface area contributed by atoms with Gasteiger partial charge in [-0.25, -0.2) is 9.59 Å². The third kappa shape index (κ3) is 2.04. The summed E-state index contributed by atoms with van der Waals surface area (Å²) >= 11 is 0. The second kappa shape index (κ2) is 4.83. The van der Waals surface area contributed by atoms with E-state index in [0.717, 1.165) is 17.4 Å². The molecule has 4 fully saturated rings. The van der Waals surface area contributed by atoms with Gasteiger partial charge in [0.1, 0.15) is 0 Å². The molecular formula is C18H20O4. The van der Waals surface area contributed by atoms with E-state index in [1.165, 1.54) is 44.2 Å². The van der Waals surface area contributed by atoms with Crippen molar-refractivity contribution >= 4 is 11.9 Å². The molecule has 2 N–H and O–H groups in total. The van der Waals surface area contributed by atoms with Crippen molar-refractivity contribution in [3.05, 3.63) is 34.9 Å². The number of hydrogen-bond donors (Lipinski definition) is 2. The lowest BCUT2D eigenvalue weighted by atomic mass is 9.50. The molecule has 0 amide bonds. The van der Waals surface area contributed by atoms with Gasteiger partial charge in [-0.05, 0) is 85.5 Å². The van der Waals surface area contributed by atoms with E-state index in [9.17, 15) is 19.8 Å². The Morgan fingerprint density at radius 3 is 1.95 bits per heavy atom. The van der Waals surface area contributed by atoms with Crippen LogP contribution in [0.25, 0.3) is 0 Å². The molecule has 0 unspecified atom stereocenters. The number of carboxylic acids is 2. The van der Waals surface area contributed by atoms with Gasteiger partial charge in [-0.15, -0.1) is 0 Å². The molecule has 5 rings (SSSR count). The zero-order valence-electron chi connectivity index (χ0n) is 12.4. The number of rotatable bonds is 3. The molecule has 4 aliphatic carbocycles. The molecule has 22 heavy (non-hydrogen) atoms. The minimum Gasteiger partial charge on any atom is -0.478 e. The first-order chi connectivity index (χ1) is 10.5. The van der Waals surface area contributed by atoms with Crippen molar-refractivity contribution in [1.82, 2.24) is 0 Å². The molecule has 4 aliphatic rings. The highest BCUT2D eigenvalue weighted by atomic mass is 16.4. The van der Waals surface area contributed by atoms with E-state index in [2.05, 4.69) is 0 Å². The van der Waals surface area contributed by atoms with Crippen LogP contribution >= 0.6 is 0 Å². The zero-order valence-corrected chi connectivity index (χ0v) is 12.4. The summed E-state index contributed by atoms with van der Waals surface area (Å²) in [6, 6.07) is 4.51. The van der Waals surface area contributed by atoms with Gasteiger partial charge in [0, 0.05) is 0 Å². The Balaban J connectivity index is 1.79. The summed E-state index contributed by atoms with van der Waals surface area (Å²) in [5, 5.41) is 18.7. The van der Waals surface area contributed by atoms with Gasteiger partial charge in [-0.1, -0.05) is 0 Å². The lowest BCUT2D eigenvalue weighted by Crippen LogP contribution is -2.44. The van der Waals surface area contributed by atoms with Crippen molar-refractivity contribution in [2.75, 3.05) is 0 Å². The van der Waals surface area contributed by atoms with Crippen molar-refractivity contribution in [3.63, 3.8) is 0 Å². The third-order valence-corrected chi connectivity index (χ3v) is 6.11. The normalized spacial score (nSPS) is 35.5. The maximum atomic E-state index is 11.6. The molecule has 0 saturated heterocycles. The Hall–Kier alpha value is -1.84. The average molecular weight is 300 g/mol.